The topological polar surface area (TPSA) is 20.2 Å². The lowest BCUT2D eigenvalue weighted by Crippen LogP contribution is -2.23. The lowest BCUT2D eigenvalue weighted by Gasteiger charge is -2.32. The third-order valence-corrected chi connectivity index (χ3v) is 7.25. The third-order valence-electron chi connectivity index (χ3n) is 5.37. The van der Waals surface area contributed by atoms with Crippen molar-refractivity contribution in [3.8, 4) is 5.75 Å². The van der Waals surface area contributed by atoms with E-state index in [-0.39, 0.29) is 20.2 Å². The molecule has 2 aromatic rings. The normalized spacial score (nSPS) is 15.9. The van der Waals surface area contributed by atoms with Crippen molar-refractivity contribution < 1.29 is 18.3 Å². The van der Waals surface area contributed by atoms with Gasteiger partial charge >= 0.3 is 6.18 Å². The quantitative estimate of drug-likeness (QED) is 0.529. The third kappa shape index (κ3) is 4.66. The van der Waals surface area contributed by atoms with Gasteiger partial charge in [0.2, 0.25) is 0 Å². The second kappa shape index (κ2) is 8.22. The molecule has 148 valence electrons. The molecule has 2 aromatic carbocycles. The highest BCUT2D eigenvalue weighted by molar-refractivity contribution is 7.48. The lowest BCUT2D eigenvalue weighted by molar-refractivity contribution is -0.136. The Labute approximate surface area is 161 Å². The van der Waals surface area contributed by atoms with Gasteiger partial charge in [0.15, 0.2) is 0 Å². The zero-order valence-electron chi connectivity index (χ0n) is 16.5. The molecule has 0 amide bonds. The van der Waals surface area contributed by atoms with Crippen molar-refractivity contribution in [3.05, 3.63) is 58.7 Å². The zero-order chi connectivity index (χ0) is 20.4. The highest BCUT2D eigenvalue weighted by Crippen LogP contribution is 2.50. The molecule has 2 rings (SSSR count). The maximum absolute atomic E-state index is 13.4. The van der Waals surface area contributed by atoms with Crippen molar-refractivity contribution in [1.82, 2.24) is 0 Å². The second-order valence-electron chi connectivity index (χ2n) is 7.41. The van der Waals surface area contributed by atoms with E-state index < -0.39 is 16.9 Å². The molecule has 0 aliphatic rings. The van der Waals surface area contributed by atoms with Gasteiger partial charge in [0.05, 0.1) is 5.56 Å². The molecule has 27 heavy (non-hydrogen) atoms. The van der Waals surface area contributed by atoms with E-state index in [9.17, 15) is 18.3 Å². The number of alkyl halides is 3. The maximum atomic E-state index is 13.4. The Balaban J connectivity index is 2.58. The zero-order valence-corrected chi connectivity index (χ0v) is 17.5. The fraction of sp³-hybridized carbons (Fsp3) is 0.455. The molecule has 1 N–H and O–H groups in total. The Hall–Kier alpha value is -1.54. The molecule has 0 spiro atoms. The molecule has 0 saturated carbocycles. The molecule has 5 heteroatoms. The first-order valence-corrected chi connectivity index (χ1v) is 10.3. The number of halogens is 3. The van der Waals surface area contributed by atoms with Gasteiger partial charge in [-0.2, -0.15) is 13.2 Å². The number of phenolic OH excluding ortho intramolecular Hbond substituents is 1. The SMILES string of the molecule is CCC(C)c1cc(C)cc(C(C)(CC)Pc2ccccc2C(F)(F)F)c1O. The lowest BCUT2D eigenvalue weighted by atomic mass is 9.88. The van der Waals surface area contributed by atoms with Crippen molar-refractivity contribution in [1.29, 1.82) is 0 Å². The number of aromatic hydroxyl groups is 1. The number of aryl methyl sites for hydroxylation is 1. The fourth-order valence-electron chi connectivity index (χ4n) is 3.31. The van der Waals surface area contributed by atoms with Gasteiger partial charge in [-0.15, -0.1) is 0 Å². The van der Waals surface area contributed by atoms with Crippen LogP contribution in [0.1, 0.15) is 68.7 Å². The smallest absolute Gasteiger partial charge is 0.417 e. The van der Waals surface area contributed by atoms with Gasteiger partial charge in [0, 0.05) is 10.7 Å². The van der Waals surface area contributed by atoms with Crippen LogP contribution in [0.25, 0.3) is 0 Å². The molecule has 1 nitrogen and oxygen atoms in total. The van der Waals surface area contributed by atoms with Gasteiger partial charge in [0.1, 0.15) is 5.75 Å². The fourth-order valence-corrected chi connectivity index (χ4v) is 4.94. The van der Waals surface area contributed by atoms with Crippen molar-refractivity contribution in [2.75, 3.05) is 0 Å². The first-order valence-electron chi connectivity index (χ1n) is 9.31. The van der Waals surface area contributed by atoms with E-state index in [2.05, 4.69) is 13.8 Å². The highest BCUT2D eigenvalue weighted by atomic mass is 31.1. The van der Waals surface area contributed by atoms with Gasteiger partial charge < -0.3 is 5.11 Å². The van der Waals surface area contributed by atoms with Crippen LogP contribution >= 0.6 is 8.58 Å². The Morgan fingerprint density at radius 2 is 1.70 bits per heavy atom. The summed E-state index contributed by atoms with van der Waals surface area (Å²) in [5.74, 6) is 0.423. The number of phenols is 1. The van der Waals surface area contributed by atoms with Crippen LogP contribution in [0.15, 0.2) is 36.4 Å². The van der Waals surface area contributed by atoms with Crippen LogP contribution in [0.2, 0.25) is 0 Å². The largest absolute Gasteiger partial charge is 0.507 e. The van der Waals surface area contributed by atoms with Gasteiger partial charge in [-0.1, -0.05) is 72.2 Å². The summed E-state index contributed by atoms with van der Waals surface area (Å²) in [4.78, 5) is 0. The summed E-state index contributed by atoms with van der Waals surface area (Å²) in [6.07, 6.45) is -2.86. The predicted molar refractivity (Wildman–Crippen MR) is 109 cm³/mol. The summed E-state index contributed by atoms with van der Waals surface area (Å²) in [6, 6.07) is 9.67. The molecule has 0 aliphatic carbocycles. The van der Waals surface area contributed by atoms with Crippen molar-refractivity contribution in [2.45, 2.75) is 64.7 Å². The van der Waals surface area contributed by atoms with E-state index in [0.29, 0.717) is 11.7 Å². The Kier molecular flexibility index (Phi) is 6.63. The molecule has 3 atom stereocenters. The Morgan fingerprint density at radius 3 is 2.26 bits per heavy atom. The Morgan fingerprint density at radius 1 is 1.07 bits per heavy atom. The average Bonchev–Trinajstić information content (AvgIpc) is 2.62. The number of benzene rings is 2. The van der Waals surface area contributed by atoms with Crippen LogP contribution in [-0.4, -0.2) is 5.11 Å². The van der Waals surface area contributed by atoms with Crippen molar-refractivity contribution in [3.63, 3.8) is 0 Å². The monoisotopic (exact) mass is 396 g/mol. The molecule has 0 saturated heterocycles. The first kappa shape index (κ1) is 21.8. The molecule has 0 fully saturated rings. The molecule has 0 bridgehead atoms. The van der Waals surface area contributed by atoms with Gasteiger partial charge in [-0.05, 0) is 42.6 Å². The minimum atomic E-state index is -4.38. The van der Waals surface area contributed by atoms with Gasteiger partial charge in [-0.3, -0.25) is 0 Å². The number of rotatable bonds is 6. The summed E-state index contributed by atoms with van der Waals surface area (Å²) >= 11 is 0. The minimum absolute atomic E-state index is 0.0983. The molecular weight excluding hydrogens is 368 g/mol. The van der Waals surface area contributed by atoms with Crippen LogP contribution in [0.3, 0.4) is 0 Å². The van der Waals surface area contributed by atoms with Crippen LogP contribution in [0, 0.1) is 6.92 Å². The van der Waals surface area contributed by atoms with Crippen molar-refractivity contribution >= 4 is 13.9 Å². The molecule has 3 unspecified atom stereocenters. The second-order valence-corrected chi connectivity index (χ2v) is 9.31. The van der Waals surface area contributed by atoms with E-state index in [4.69, 9.17) is 0 Å². The summed E-state index contributed by atoms with van der Waals surface area (Å²) in [5, 5.41) is 10.7. The minimum Gasteiger partial charge on any atom is -0.507 e. The van der Waals surface area contributed by atoms with E-state index in [1.807, 2.05) is 32.9 Å². The molecule has 0 heterocycles. The van der Waals surface area contributed by atoms with Crippen LogP contribution in [0.4, 0.5) is 13.2 Å². The molecule has 0 aromatic heterocycles. The summed E-state index contributed by atoms with van der Waals surface area (Å²) in [7, 11) is -0.0983. The molecule has 0 aliphatic heterocycles. The van der Waals surface area contributed by atoms with Crippen LogP contribution in [0.5, 0.6) is 5.75 Å². The van der Waals surface area contributed by atoms with Crippen molar-refractivity contribution in [2.24, 2.45) is 0 Å². The first-order chi connectivity index (χ1) is 12.5. The number of hydrogen-bond donors (Lipinski definition) is 1. The van der Waals surface area contributed by atoms with Crippen LogP contribution < -0.4 is 5.30 Å². The van der Waals surface area contributed by atoms with Crippen LogP contribution in [-0.2, 0) is 11.3 Å². The van der Waals surface area contributed by atoms with E-state index in [1.165, 1.54) is 6.07 Å². The molecular formula is C22H28F3OP. The number of hydrogen-bond acceptors (Lipinski definition) is 1. The highest BCUT2D eigenvalue weighted by Gasteiger charge is 2.36. The Bertz CT molecular complexity index is 801. The summed E-state index contributed by atoms with van der Waals surface area (Å²) in [5.41, 5.74) is 2.06. The summed E-state index contributed by atoms with van der Waals surface area (Å²) < 4.78 is 40.3. The average molecular weight is 396 g/mol. The molecule has 0 radical (unpaired) electrons. The van der Waals surface area contributed by atoms with E-state index in [0.717, 1.165) is 29.2 Å². The summed E-state index contributed by atoms with van der Waals surface area (Å²) in [6.45, 7) is 10.0. The maximum Gasteiger partial charge on any atom is 0.417 e. The van der Waals surface area contributed by atoms with Gasteiger partial charge in [-0.25, -0.2) is 0 Å². The van der Waals surface area contributed by atoms with E-state index in [1.54, 1.807) is 12.1 Å². The predicted octanol–water partition coefficient (Wildman–Crippen LogP) is 6.86. The standard InChI is InChI=1S/C22H28F3OP/c1-6-15(4)16-12-14(3)13-18(20(16)26)21(5,7-2)27-19-11-9-8-10-17(19)22(23,24)25/h8-13,15,26-27H,6-7H2,1-5H3. The van der Waals surface area contributed by atoms with E-state index >= 15 is 0 Å². The van der Waals surface area contributed by atoms with Gasteiger partial charge in [0.25, 0.3) is 0 Å².